The first kappa shape index (κ1) is 22.1. The molecule has 9 nitrogen and oxygen atoms in total. The van der Waals surface area contributed by atoms with Crippen molar-refractivity contribution in [1.29, 1.82) is 0 Å². The zero-order chi connectivity index (χ0) is 22.1. The number of nitrogens with one attached hydrogen (secondary N) is 4. The third kappa shape index (κ3) is 6.98. The van der Waals surface area contributed by atoms with Gasteiger partial charge in [0.25, 0.3) is 0 Å². The van der Waals surface area contributed by atoms with E-state index in [0.29, 0.717) is 12.3 Å². The van der Waals surface area contributed by atoms with Gasteiger partial charge < -0.3 is 20.4 Å². The summed E-state index contributed by atoms with van der Waals surface area (Å²) in [5, 5.41) is 7.66. The van der Waals surface area contributed by atoms with Gasteiger partial charge in [-0.25, -0.2) is 17.9 Å². The topological polar surface area (TPSA) is 130 Å². The minimum Gasteiger partial charge on any atom is -0.468 e. The molecule has 0 aliphatic carbocycles. The van der Waals surface area contributed by atoms with E-state index in [4.69, 9.17) is 4.42 Å². The van der Waals surface area contributed by atoms with Gasteiger partial charge in [0.1, 0.15) is 5.76 Å². The van der Waals surface area contributed by atoms with Crippen molar-refractivity contribution < 1.29 is 22.4 Å². The number of amides is 3. The highest BCUT2D eigenvalue weighted by Gasteiger charge is 2.15. The van der Waals surface area contributed by atoms with Gasteiger partial charge >= 0.3 is 6.03 Å². The van der Waals surface area contributed by atoms with Crippen molar-refractivity contribution in [1.82, 2.24) is 15.4 Å². The Morgan fingerprint density at radius 2 is 1.68 bits per heavy atom. The lowest BCUT2D eigenvalue weighted by Gasteiger charge is -2.10. The van der Waals surface area contributed by atoms with Crippen LogP contribution in [-0.4, -0.2) is 26.9 Å². The summed E-state index contributed by atoms with van der Waals surface area (Å²) in [6.07, 6.45) is 1.45. The number of hydrogen-bond donors (Lipinski definition) is 4. The Bertz CT molecular complexity index is 1120. The van der Waals surface area contributed by atoms with Crippen LogP contribution >= 0.6 is 0 Å². The summed E-state index contributed by atoms with van der Waals surface area (Å²) in [5.41, 5.74) is 1.22. The predicted molar refractivity (Wildman–Crippen MR) is 114 cm³/mol. The van der Waals surface area contributed by atoms with Crippen molar-refractivity contribution in [3.05, 3.63) is 84.3 Å². The van der Waals surface area contributed by atoms with Gasteiger partial charge in [0.05, 0.1) is 24.2 Å². The Hall–Kier alpha value is -3.63. The summed E-state index contributed by atoms with van der Waals surface area (Å²) in [6.45, 7) is 0.0709. The van der Waals surface area contributed by atoms with Gasteiger partial charge in [-0.15, -0.1) is 0 Å². The number of urea groups is 1. The van der Waals surface area contributed by atoms with E-state index in [9.17, 15) is 18.0 Å². The second kappa shape index (κ2) is 10.4. The molecule has 3 aromatic rings. The SMILES string of the molecule is O=C(CNC(=O)NCc1ccccc1)Nc1cccc(S(=O)(=O)NCc2ccco2)c1. The molecule has 0 spiro atoms. The molecular weight excluding hydrogens is 420 g/mol. The zero-order valence-corrected chi connectivity index (χ0v) is 17.3. The normalized spacial score (nSPS) is 11.0. The van der Waals surface area contributed by atoms with E-state index in [1.807, 2.05) is 30.3 Å². The van der Waals surface area contributed by atoms with Gasteiger partial charge in [-0.05, 0) is 35.9 Å². The van der Waals surface area contributed by atoms with Gasteiger partial charge in [-0.2, -0.15) is 0 Å². The maximum Gasteiger partial charge on any atom is 0.315 e. The Balaban J connectivity index is 1.48. The van der Waals surface area contributed by atoms with Gasteiger partial charge in [-0.1, -0.05) is 36.4 Å². The molecule has 0 saturated heterocycles. The van der Waals surface area contributed by atoms with Crippen LogP contribution in [0.4, 0.5) is 10.5 Å². The summed E-state index contributed by atoms with van der Waals surface area (Å²) in [6, 6.07) is 18.0. The number of rotatable bonds is 9. The lowest BCUT2D eigenvalue weighted by Crippen LogP contribution is -2.39. The number of carbonyl (C=O) groups is 2. The second-order valence-corrected chi connectivity index (χ2v) is 8.27. The molecule has 3 amide bonds. The molecule has 162 valence electrons. The Morgan fingerprint density at radius 3 is 2.42 bits per heavy atom. The molecule has 1 heterocycles. The summed E-state index contributed by atoms with van der Waals surface area (Å²) < 4.78 is 32.4. The highest BCUT2D eigenvalue weighted by molar-refractivity contribution is 7.89. The largest absolute Gasteiger partial charge is 0.468 e. The van der Waals surface area contributed by atoms with Gasteiger partial charge in [-0.3, -0.25) is 4.79 Å². The molecule has 0 radical (unpaired) electrons. The van der Waals surface area contributed by atoms with Crippen molar-refractivity contribution >= 4 is 27.6 Å². The van der Waals surface area contributed by atoms with Crippen LogP contribution in [0.5, 0.6) is 0 Å². The first-order chi connectivity index (χ1) is 14.9. The highest BCUT2D eigenvalue weighted by atomic mass is 32.2. The summed E-state index contributed by atoms with van der Waals surface area (Å²) in [5.74, 6) is -0.0161. The molecule has 0 aliphatic rings. The number of sulfonamides is 1. The minimum absolute atomic E-state index is 0.00787. The van der Waals surface area contributed by atoms with Crippen LogP contribution in [0.3, 0.4) is 0 Å². The van der Waals surface area contributed by atoms with E-state index < -0.39 is 22.0 Å². The maximum absolute atomic E-state index is 12.4. The number of hydrogen-bond acceptors (Lipinski definition) is 5. The maximum atomic E-state index is 12.4. The molecule has 0 fully saturated rings. The first-order valence-electron chi connectivity index (χ1n) is 9.40. The fraction of sp³-hybridized carbons (Fsp3) is 0.143. The van der Waals surface area contributed by atoms with Crippen LogP contribution in [-0.2, 0) is 27.9 Å². The van der Waals surface area contributed by atoms with Crippen molar-refractivity contribution in [2.75, 3.05) is 11.9 Å². The molecule has 2 aromatic carbocycles. The highest BCUT2D eigenvalue weighted by Crippen LogP contribution is 2.16. The Labute approximate surface area is 179 Å². The van der Waals surface area contributed by atoms with Crippen LogP contribution in [0.2, 0.25) is 0 Å². The second-order valence-electron chi connectivity index (χ2n) is 6.50. The van der Waals surface area contributed by atoms with E-state index in [1.165, 1.54) is 24.5 Å². The fourth-order valence-corrected chi connectivity index (χ4v) is 3.65. The van der Waals surface area contributed by atoms with E-state index in [-0.39, 0.29) is 23.7 Å². The van der Waals surface area contributed by atoms with Crippen molar-refractivity contribution in [3.8, 4) is 0 Å². The van der Waals surface area contributed by atoms with Crippen LogP contribution in [0.1, 0.15) is 11.3 Å². The number of carbonyl (C=O) groups excluding carboxylic acids is 2. The first-order valence-corrected chi connectivity index (χ1v) is 10.9. The lowest BCUT2D eigenvalue weighted by atomic mass is 10.2. The molecule has 1 aromatic heterocycles. The number of benzene rings is 2. The summed E-state index contributed by atoms with van der Waals surface area (Å²) in [7, 11) is -3.80. The van der Waals surface area contributed by atoms with Crippen molar-refractivity contribution in [2.24, 2.45) is 0 Å². The molecule has 0 aliphatic heterocycles. The lowest BCUT2D eigenvalue weighted by molar-refractivity contribution is -0.115. The summed E-state index contributed by atoms with van der Waals surface area (Å²) in [4.78, 5) is 23.9. The van der Waals surface area contributed by atoms with E-state index in [2.05, 4.69) is 20.7 Å². The van der Waals surface area contributed by atoms with Crippen LogP contribution in [0.25, 0.3) is 0 Å². The molecule has 10 heteroatoms. The van der Waals surface area contributed by atoms with E-state index >= 15 is 0 Å². The van der Waals surface area contributed by atoms with Crippen LogP contribution in [0, 0.1) is 0 Å². The number of furan rings is 1. The molecular formula is C21H22N4O5S. The average Bonchev–Trinajstić information content (AvgIpc) is 3.30. The Morgan fingerprint density at radius 1 is 0.871 bits per heavy atom. The third-order valence-electron chi connectivity index (χ3n) is 4.15. The third-order valence-corrected chi connectivity index (χ3v) is 5.55. The fourth-order valence-electron chi connectivity index (χ4n) is 2.61. The molecule has 31 heavy (non-hydrogen) atoms. The molecule has 0 unspecified atom stereocenters. The molecule has 0 saturated carbocycles. The standard InChI is InChI=1S/C21H22N4O5S/c26-20(15-23-21(27)22-13-16-6-2-1-3-7-16)25-17-8-4-10-19(12-17)31(28,29)24-14-18-9-5-11-30-18/h1-12,24H,13-15H2,(H,25,26)(H2,22,23,27). The smallest absolute Gasteiger partial charge is 0.315 e. The van der Waals surface area contributed by atoms with Crippen molar-refractivity contribution in [3.63, 3.8) is 0 Å². The summed E-state index contributed by atoms with van der Waals surface area (Å²) >= 11 is 0. The van der Waals surface area contributed by atoms with Gasteiger partial charge in [0, 0.05) is 12.2 Å². The molecule has 3 rings (SSSR count). The Kier molecular flexibility index (Phi) is 7.41. The number of anilines is 1. The van der Waals surface area contributed by atoms with Gasteiger partial charge in [0.15, 0.2) is 0 Å². The van der Waals surface area contributed by atoms with Gasteiger partial charge in [0.2, 0.25) is 15.9 Å². The van der Waals surface area contributed by atoms with E-state index in [0.717, 1.165) is 5.56 Å². The van der Waals surface area contributed by atoms with Crippen LogP contribution in [0.15, 0.2) is 82.3 Å². The quantitative estimate of drug-likeness (QED) is 0.404. The average molecular weight is 442 g/mol. The monoisotopic (exact) mass is 442 g/mol. The minimum atomic E-state index is -3.80. The molecule has 4 N–H and O–H groups in total. The van der Waals surface area contributed by atoms with Crippen molar-refractivity contribution in [2.45, 2.75) is 18.0 Å². The zero-order valence-electron chi connectivity index (χ0n) is 16.5. The predicted octanol–water partition coefficient (Wildman–Crippen LogP) is 2.20. The molecule has 0 atom stereocenters. The molecule has 0 bridgehead atoms. The van der Waals surface area contributed by atoms with E-state index in [1.54, 1.807) is 18.2 Å². The van der Waals surface area contributed by atoms with Crippen LogP contribution < -0.4 is 20.7 Å².